The second-order valence-electron chi connectivity index (χ2n) is 5.47. The number of nitrogens with one attached hydrogen (secondary N) is 2. The minimum Gasteiger partial charge on any atom is -0.446 e. The van der Waals surface area contributed by atoms with Crippen LogP contribution in [0.15, 0.2) is 4.99 Å². The maximum absolute atomic E-state index is 10.8. The van der Waals surface area contributed by atoms with Gasteiger partial charge in [0.2, 0.25) is 5.66 Å². The van der Waals surface area contributed by atoms with Gasteiger partial charge < -0.3 is 36.8 Å². The van der Waals surface area contributed by atoms with E-state index in [2.05, 4.69) is 15.6 Å². The highest BCUT2D eigenvalue weighted by molar-refractivity contribution is 5.83. The molecule has 3 rings (SSSR count). The lowest BCUT2D eigenvalue weighted by Crippen LogP contribution is -2.78. The Morgan fingerprint density at radius 2 is 2.18 bits per heavy atom. The number of nitrogens with two attached hydrogens (primary N) is 3. The van der Waals surface area contributed by atoms with Crippen LogP contribution in [0.4, 0.5) is 4.79 Å². The molecule has 0 aliphatic carbocycles. The van der Waals surface area contributed by atoms with Crippen molar-refractivity contribution in [3.8, 4) is 0 Å². The van der Waals surface area contributed by atoms with E-state index in [0.29, 0.717) is 0 Å². The first-order chi connectivity index (χ1) is 10.2. The van der Waals surface area contributed by atoms with Crippen LogP contribution in [0.3, 0.4) is 0 Å². The highest BCUT2D eigenvalue weighted by Gasteiger charge is 2.74. The van der Waals surface area contributed by atoms with Crippen LogP contribution in [-0.2, 0) is 4.74 Å². The molecule has 4 atom stereocenters. The summed E-state index contributed by atoms with van der Waals surface area (Å²) in [5, 5.41) is 36.3. The van der Waals surface area contributed by atoms with Crippen molar-refractivity contribution in [3.63, 3.8) is 0 Å². The second kappa shape index (κ2) is 4.34. The zero-order valence-corrected chi connectivity index (χ0v) is 11.4. The summed E-state index contributed by atoms with van der Waals surface area (Å²) in [5.74, 6) is -2.59. The van der Waals surface area contributed by atoms with Gasteiger partial charge in [-0.3, -0.25) is 11.1 Å². The number of aliphatic imine (C=N–C) groups is 1. The molecule has 1 fully saturated rings. The molecule has 1 amide bonds. The van der Waals surface area contributed by atoms with E-state index in [9.17, 15) is 20.1 Å². The topological polar surface area (TPSA) is 204 Å². The molecule has 0 bridgehead atoms. The zero-order valence-electron chi connectivity index (χ0n) is 11.4. The fourth-order valence-electron chi connectivity index (χ4n) is 3.30. The van der Waals surface area contributed by atoms with Crippen molar-refractivity contribution in [2.45, 2.75) is 29.6 Å². The van der Waals surface area contributed by atoms with Gasteiger partial charge in [-0.2, -0.15) is 0 Å². The van der Waals surface area contributed by atoms with Crippen molar-refractivity contribution in [1.29, 1.82) is 0 Å². The number of nitrogens with zero attached hydrogens (tertiary/aromatic N) is 2. The van der Waals surface area contributed by atoms with Crippen LogP contribution < -0.4 is 27.8 Å². The van der Waals surface area contributed by atoms with Crippen molar-refractivity contribution in [2.24, 2.45) is 22.2 Å². The third-order valence-electron chi connectivity index (χ3n) is 4.24. The Bertz CT molecular complexity index is 590. The second-order valence-corrected chi connectivity index (χ2v) is 5.47. The van der Waals surface area contributed by atoms with Gasteiger partial charge in [-0.1, -0.05) is 0 Å². The first-order valence-electron chi connectivity index (χ1n) is 6.53. The Kier molecular flexibility index (Phi) is 2.89. The molecule has 3 aliphatic rings. The molecule has 12 nitrogen and oxygen atoms in total. The molecular formula is C10H18N7O5+. The van der Waals surface area contributed by atoms with Gasteiger partial charge in [0, 0.05) is 0 Å². The van der Waals surface area contributed by atoms with Crippen LogP contribution in [0.1, 0.15) is 0 Å². The zero-order chi connectivity index (χ0) is 16.3. The van der Waals surface area contributed by atoms with E-state index in [1.807, 2.05) is 0 Å². The number of hydrogen-bond acceptors (Lipinski definition) is 10. The van der Waals surface area contributed by atoms with Crippen LogP contribution in [0.25, 0.3) is 0 Å². The molecule has 3 heterocycles. The number of amides is 1. The summed E-state index contributed by atoms with van der Waals surface area (Å²) in [4.78, 5) is 14.9. The van der Waals surface area contributed by atoms with Gasteiger partial charge >= 0.3 is 12.1 Å². The summed E-state index contributed by atoms with van der Waals surface area (Å²) in [6.07, 6.45) is -2.51. The third kappa shape index (κ3) is 1.65. The van der Waals surface area contributed by atoms with Crippen molar-refractivity contribution in [1.82, 2.24) is 10.6 Å². The highest BCUT2D eigenvalue weighted by Crippen LogP contribution is 2.41. The van der Waals surface area contributed by atoms with Crippen molar-refractivity contribution in [3.05, 3.63) is 0 Å². The normalized spacial score (nSPS) is 38.5. The van der Waals surface area contributed by atoms with Crippen molar-refractivity contribution >= 4 is 18.0 Å². The lowest BCUT2D eigenvalue weighted by atomic mass is 9.86. The number of guanidine groups is 2. The number of aliphatic hydroxyl groups is 3. The van der Waals surface area contributed by atoms with Crippen LogP contribution in [0.5, 0.6) is 0 Å². The molecule has 122 valence electrons. The van der Waals surface area contributed by atoms with Crippen LogP contribution in [0, 0.1) is 0 Å². The first kappa shape index (κ1) is 14.6. The maximum atomic E-state index is 10.8. The smallest absolute Gasteiger partial charge is 0.404 e. The average molecular weight is 316 g/mol. The van der Waals surface area contributed by atoms with Gasteiger partial charge in [0.15, 0.2) is 12.0 Å². The Labute approximate surface area is 124 Å². The summed E-state index contributed by atoms with van der Waals surface area (Å²) >= 11 is 0. The maximum Gasteiger partial charge on any atom is 0.404 e. The van der Waals surface area contributed by atoms with Crippen LogP contribution in [-0.4, -0.2) is 80.7 Å². The van der Waals surface area contributed by atoms with E-state index in [4.69, 9.17) is 21.9 Å². The molecule has 0 aromatic carbocycles. The van der Waals surface area contributed by atoms with E-state index in [0.717, 1.165) is 0 Å². The standard InChI is InChI=1S/C10H17N7O5/c11-6-15-5-3(2-22-8(13)19)14-7(12)17-1-4(18)10(20,21)9(5,17)16-6/h3-5,18,20-21H,1-2H2,(H7,11,12,13,14,15,16,19)/p+1/t3-,4-,5-,9-/m0/s1. The molecule has 0 aromatic rings. The number of rotatable bonds is 2. The van der Waals surface area contributed by atoms with Crippen molar-refractivity contribution < 1.29 is 29.4 Å². The van der Waals surface area contributed by atoms with Gasteiger partial charge in [-0.15, -0.1) is 0 Å². The molecule has 1 saturated heterocycles. The van der Waals surface area contributed by atoms with E-state index in [1.165, 1.54) is 4.58 Å². The molecule has 11 N–H and O–H groups in total. The quantitative estimate of drug-likeness (QED) is 0.180. The molecule has 1 spiro atoms. The first-order valence-corrected chi connectivity index (χ1v) is 6.53. The fourth-order valence-corrected chi connectivity index (χ4v) is 3.30. The molecule has 0 saturated carbocycles. The summed E-state index contributed by atoms with van der Waals surface area (Å²) in [7, 11) is 0. The Morgan fingerprint density at radius 1 is 1.50 bits per heavy atom. The number of carbonyl (C=O) groups excluding carboxylic acids is 1. The SMILES string of the molecule is NC(=O)OC[C@@H]1NC(N)=[N+]2C[C@H](O)C(O)(O)[C@@]23NC(N)=N[C@@H]13. The van der Waals surface area contributed by atoms with E-state index in [-0.39, 0.29) is 25.1 Å². The van der Waals surface area contributed by atoms with E-state index < -0.39 is 35.7 Å². The summed E-state index contributed by atoms with van der Waals surface area (Å²) in [6.45, 7) is -0.373. The minimum atomic E-state index is -2.58. The van der Waals surface area contributed by atoms with Gasteiger partial charge in [0.05, 0.1) is 0 Å². The summed E-state index contributed by atoms with van der Waals surface area (Å²) in [6, 6.07) is -1.62. The number of hydrogen-bond donors (Lipinski definition) is 8. The predicted octanol–water partition coefficient (Wildman–Crippen LogP) is -5.58. The number of ether oxygens (including phenoxy) is 1. The lowest BCUT2D eigenvalue weighted by Gasteiger charge is -2.42. The number of aliphatic hydroxyl groups excluding tert-OH is 1. The molecule has 0 aromatic heterocycles. The minimum absolute atomic E-state index is 0.0516. The predicted molar refractivity (Wildman–Crippen MR) is 71.2 cm³/mol. The van der Waals surface area contributed by atoms with Gasteiger partial charge in [0.1, 0.15) is 25.3 Å². The highest BCUT2D eigenvalue weighted by atomic mass is 16.5. The van der Waals surface area contributed by atoms with Crippen LogP contribution in [0.2, 0.25) is 0 Å². The number of carbonyl (C=O) groups is 1. The van der Waals surface area contributed by atoms with E-state index >= 15 is 0 Å². The molecule has 0 unspecified atom stereocenters. The molecule has 12 heteroatoms. The fraction of sp³-hybridized carbons (Fsp3) is 0.700. The van der Waals surface area contributed by atoms with Gasteiger partial charge in [0.25, 0.3) is 5.79 Å². The largest absolute Gasteiger partial charge is 0.446 e. The monoisotopic (exact) mass is 316 g/mol. The molecular weight excluding hydrogens is 298 g/mol. The molecule has 0 radical (unpaired) electrons. The third-order valence-corrected chi connectivity index (χ3v) is 4.24. The average Bonchev–Trinajstić information content (AvgIpc) is 2.86. The Hall–Kier alpha value is -2.31. The molecule has 3 aliphatic heterocycles. The lowest BCUT2D eigenvalue weighted by molar-refractivity contribution is -0.623. The summed E-state index contributed by atoms with van der Waals surface area (Å²) in [5.41, 5.74) is 14.8. The van der Waals surface area contributed by atoms with E-state index in [1.54, 1.807) is 0 Å². The Morgan fingerprint density at radius 3 is 2.82 bits per heavy atom. The summed E-state index contributed by atoms with van der Waals surface area (Å²) < 4.78 is 6.08. The van der Waals surface area contributed by atoms with Crippen molar-refractivity contribution in [2.75, 3.05) is 13.2 Å². The van der Waals surface area contributed by atoms with Crippen LogP contribution >= 0.6 is 0 Å². The van der Waals surface area contributed by atoms with Gasteiger partial charge in [-0.25, -0.2) is 14.4 Å². The molecule has 22 heavy (non-hydrogen) atoms. The Balaban J connectivity index is 2.05. The van der Waals surface area contributed by atoms with Gasteiger partial charge in [-0.05, 0) is 0 Å². The number of primary amides is 1.